The van der Waals surface area contributed by atoms with Crippen molar-refractivity contribution in [2.75, 3.05) is 32.7 Å². The van der Waals surface area contributed by atoms with Crippen molar-refractivity contribution in [2.24, 2.45) is 5.92 Å². The van der Waals surface area contributed by atoms with Gasteiger partial charge in [-0.25, -0.2) is 8.42 Å². The van der Waals surface area contributed by atoms with Crippen LogP contribution in [0.2, 0.25) is 5.02 Å². The first-order valence-corrected chi connectivity index (χ1v) is 12.5. The molecule has 2 aromatic carbocycles. The second kappa shape index (κ2) is 9.28. The van der Waals surface area contributed by atoms with Gasteiger partial charge in [0.15, 0.2) is 0 Å². The molecule has 6 nitrogen and oxygen atoms in total. The lowest BCUT2D eigenvalue weighted by Gasteiger charge is -2.34. The van der Waals surface area contributed by atoms with Crippen LogP contribution in [0.25, 0.3) is 0 Å². The monoisotopic (exact) mass is 461 g/mol. The average Bonchev–Trinajstić information content (AvgIpc) is 3.59. The average molecular weight is 462 g/mol. The minimum atomic E-state index is -3.54. The number of hydrogen-bond acceptors (Lipinski definition) is 4. The summed E-state index contributed by atoms with van der Waals surface area (Å²) in [5.41, 5.74) is 2.36. The lowest BCUT2D eigenvalue weighted by atomic mass is 10.0. The van der Waals surface area contributed by atoms with Gasteiger partial charge in [-0.3, -0.25) is 9.69 Å². The number of rotatable bonds is 7. The first kappa shape index (κ1) is 22.3. The molecule has 2 fully saturated rings. The van der Waals surface area contributed by atoms with Gasteiger partial charge < -0.3 is 5.32 Å². The molecule has 1 saturated carbocycles. The Labute approximate surface area is 189 Å². The first-order chi connectivity index (χ1) is 14.8. The van der Waals surface area contributed by atoms with Gasteiger partial charge in [0.2, 0.25) is 15.9 Å². The number of nitrogens with one attached hydrogen (secondary N) is 1. The molecule has 1 saturated heterocycles. The second-order valence-corrected chi connectivity index (χ2v) is 10.8. The fraction of sp³-hybridized carbons (Fsp3) is 0.435. The number of nitrogens with zero attached hydrogens (tertiary/aromatic N) is 2. The van der Waals surface area contributed by atoms with Gasteiger partial charge in [-0.05, 0) is 55.5 Å². The number of halogens is 1. The molecular formula is C23H28ClN3O3S. The molecule has 1 aliphatic carbocycles. The van der Waals surface area contributed by atoms with E-state index in [1.165, 1.54) is 22.0 Å². The van der Waals surface area contributed by atoms with Crippen molar-refractivity contribution >= 4 is 27.5 Å². The van der Waals surface area contributed by atoms with E-state index in [9.17, 15) is 13.2 Å². The number of amides is 1. The Morgan fingerprint density at radius 1 is 1.03 bits per heavy atom. The van der Waals surface area contributed by atoms with E-state index < -0.39 is 10.0 Å². The summed E-state index contributed by atoms with van der Waals surface area (Å²) in [5.74, 6) is 0.500. The molecule has 4 rings (SSSR count). The van der Waals surface area contributed by atoms with Crippen molar-refractivity contribution in [2.45, 2.75) is 30.7 Å². The molecule has 2 aromatic rings. The normalized spacial score (nSPS) is 19.2. The van der Waals surface area contributed by atoms with E-state index in [0.29, 0.717) is 37.1 Å². The Bertz CT molecular complexity index is 1010. The van der Waals surface area contributed by atoms with Crippen LogP contribution in [0.4, 0.5) is 0 Å². The van der Waals surface area contributed by atoms with Crippen molar-refractivity contribution < 1.29 is 13.2 Å². The molecule has 1 unspecified atom stereocenters. The smallest absolute Gasteiger partial charge is 0.243 e. The molecule has 0 radical (unpaired) electrons. The minimum absolute atomic E-state index is 0.00789. The summed E-state index contributed by atoms with van der Waals surface area (Å²) in [6.45, 7) is 4.12. The SMILES string of the molecule is Cc1ccc(C(NC(=O)CN2CCN(S(=O)(=O)c3ccc(Cl)cc3)CC2)C2CC2)cc1. The maximum Gasteiger partial charge on any atom is 0.243 e. The van der Waals surface area contributed by atoms with E-state index in [1.807, 2.05) is 4.90 Å². The molecule has 8 heteroatoms. The zero-order chi connectivity index (χ0) is 22.0. The third-order valence-electron chi connectivity index (χ3n) is 6.00. The molecular weight excluding hydrogens is 434 g/mol. The molecule has 2 aliphatic rings. The Morgan fingerprint density at radius 2 is 1.65 bits per heavy atom. The van der Waals surface area contributed by atoms with Crippen LogP contribution in [0.3, 0.4) is 0 Å². The molecule has 0 spiro atoms. The summed E-state index contributed by atoms with van der Waals surface area (Å²) in [4.78, 5) is 15.0. The van der Waals surface area contributed by atoms with Crippen LogP contribution >= 0.6 is 11.6 Å². The lowest BCUT2D eigenvalue weighted by molar-refractivity contribution is -0.123. The van der Waals surface area contributed by atoms with E-state index >= 15 is 0 Å². The number of benzene rings is 2. The van der Waals surface area contributed by atoms with Gasteiger partial charge in [-0.1, -0.05) is 41.4 Å². The van der Waals surface area contributed by atoms with E-state index in [0.717, 1.165) is 18.4 Å². The summed E-state index contributed by atoms with van der Waals surface area (Å²) >= 11 is 5.87. The highest BCUT2D eigenvalue weighted by Gasteiger charge is 2.34. The predicted molar refractivity (Wildman–Crippen MR) is 121 cm³/mol. The van der Waals surface area contributed by atoms with Crippen LogP contribution in [0, 0.1) is 12.8 Å². The molecule has 1 N–H and O–H groups in total. The summed E-state index contributed by atoms with van der Waals surface area (Å²) in [6.07, 6.45) is 2.28. The maximum absolute atomic E-state index is 12.8. The Balaban J connectivity index is 1.31. The van der Waals surface area contributed by atoms with Crippen LogP contribution in [-0.4, -0.2) is 56.3 Å². The summed E-state index contributed by atoms with van der Waals surface area (Å²) in [6, 6.07) is 14.6. The quantitative estimate of drug-likeness (QED) is 0.687. The van der Waals surface area contributed by atoms with Crippen LogP contribution in [0.1, 0.15) is 30.0 Å². The summed E-state index contributed by atoms with van der Waals surface area (Å²) < 4.78 is 27.1. The van der Waals surface area contributed by atoms with E-state index in [-0.39, 0.29) is 23.4 Å². The van der Waals surface area contributed by atoms with Gasteiger partial charge in [0.05, 0.1) is 17.5 Å². The van der Waals surface area contributed by atoms with Gasteiger partial charge in [0.25, 0.3) is 0 Å². The molecule has 166 valence electrons. The van der Waals surface area contributed by atoms with Crippen LogP contribution in [-0.2, 0) is 14.8 Å². The number of carbonyl (C=O) groups excluding carboxylic acids is 1. The zero-order valence-corrected chi connectivity index (χ0v) is 19.2. The number of aryl methyl sites for hydroxylation is 1. The Kier molecular flexibility index (Phi) is 6.67. The number of hydrogen-bond donors (Lipinski definition) is 1. The highest BCUT2D eigenvalue weighted by molar-refractivity contribution is 7.89. The Morgan fingerprint density at radius 3 is 2.23 bits per heavy atom. The van der Waals surface area contributed by atoms with Crippen LogP contribution in [0.5, 0.6) is 0 Å². The van der Waals surface area contributed by atoms with Crippen molar-refractivity contribution in [3.05, 3.63) is 64.7 Å². The van der Waals surface area contributed by atoms with Gasteiger partial charge in [0, 0.05) is 31.2 Å². The molecule has 0 bridgehead atoms. The lowest BCUT2D eigenvalue weighted by Crippen LogP contribution is -2.51. The standard InChI is InChI=1S/C23H28ClN3O3S/c1-17-2-4-18(5-3-17)23(19-6-7-19)25-22(28)16-26-12-14-27(15-13-26)31(29,30)21-10-8-20(24)9-11-21/h2-5,8-11,19,23H,6-7,12-16H2,1H3,(H,25,28). The third kappa shape index (κ3) is 5.47. The second-order valence-electron chi connectivity index (χ2n) is 8.43. The van der Waals surface area contributed by atoms with Gasteiger partial charge in [-0.2, -0.15) is 4.31 Å². The van der Waals surface area contributed by atoms with E-state index in [4.69, 9.17) is 11.6 Å². The maximum atomic E-state index is 12.8. The minimum Gasteiger partial charge on any atom is -0.348 e. The van der Waals surface area contributed by atoms with Crippen molar-refractivity contribution in [1.82, 2.24) is 14.5 Å². The topological polar surface area (TPSA) is 69.7 Å². The van der Waals surface area contributed by atoms with E-state index in [1.54, 1.807) is 12.1 Å². The highest BCUT2D eigenvalue weighted by Crippen LogP contribution is 2.41. The first-order valence-electron chi connectivity index (χ1n) is 10.7. The number of sulfonamides is 1. The third-order valence-corrected chi connectivity index (χ3v) is 8.16. The number of piperazine rings is 1. The molecule has 1 heterocycles. The van der Waals surface area contributed by atoms with Gasteiger partial charge >= 0.3 is 0 Å². The highest BCUT2D eigenvalue weighted by atomic mass is 35.5. The summed E-state index contributed by atoms with van der Waals surface area (Å²) in [5, 5.41) is 3.71. The predicted octanol–water partition coefficient (Wildman–Crippen LogP) is 3.22. The molecule has 1 aliphatic heterocycles. The van der Waals surface area contributed by atoms with E-state index in [2.05, 4.69) is 36.5 Å². The largest absolute Gasteiger partial charge is 0.348 e. The van der Waals surface area contributed by atoms with Gasteiger partial charge in [-0.15, -0.1) is 0 Å². The zero-order valence-electron chi connectivity index (χ0n) is 17.6. The van der Waals surface area contributed by atoms with Crippen LogP contribution in [0.15, 0.2) is 53.4 Å². The molecule has 1 atom stereocenters. The van der Waals surface area contributed by atoms with Gasteiger partial charge in [0.1, 0.15) is 0 Å². The van der Waals surface area contributed by atoms with Crippen molar-refractivity contribution in [3.63, 3.8) is 0 Å². The summed E-state index contributed by atoms with van der Waals surface area (Å²) in [7, 11) is -3.54. The van der Waals surface area contributed by atoms with Crippen LogP contribution < -0.4 is 5.32 Å². The molecule has 1 amide bonds. The fourth-order valence-electron chi connectivity index (χ4n) is 3.98. The Hall–Kier alpha value is -1.93. The number of carbonyl (C=O) groups is 1. The van der Waals surface area contributed by atoms with Crippen molar-refractivity contribution in [1.29, 1.82) is 0 Å². The fourth-order valence-corrected chi connectivity index (χ4v) is 5.53. The van der Waals surface area contributed by atoms with Crippen molar-refractivity contribution in [3.8, 4) is 0 Å². The molecule has 31 heavy (non-hydrogen) atoms. The molecule has 0 aromatic heterocycles.